The summed E-state index contributed by atoms with van der Waals surface area (Å²) in [5.74, 6) is 0. The van der Waals surface area contributed by atoms with Gasteiger partial charge >= 0.3 is 0 Å². The number of aryl methyl sites for hydroxylation is 1. The van der Waals surface area contributed by atoms with Gasteiger partial charge in [-0.15, -0.1) is 11.3 Å². The normalized spacial score (nSPS) is 12.6. The van der Waals surface area contributed by atoms with Gasteiger partial charge in [0.15, 0.2) is 0 Å². The maximum atomic E-state index is 5.10. The van der Waals surface area contributed by atoms with Crippen molar-refractivity contribution in [2.45, 2.75) is 13.0 Å². The molecule has 2 heterocycles. The monoisotopic (exact) mass is 419 g/mol. The van der Waals surface area contributed by atoms with E-state index in [-0.39, 0.29) is 6.04 Å². The fourth-order valence-electron chi connectivity index (χ4n) is 1.75. The number of ether oxygens (including phenoxy) is 1. The molecule has 4 nitrogen and oxygen atoms in total. The Hall–Kier alpha value is -0.340. The van der Waals surface area contributed by atoms with Gasteiger partial charge in [-0.3, -0.25) is 4.98 Å². The van der Waals surface area contributed by atoms with Crippen molar-refractivity contribution >= 4 is 43.2 Å². The summed E-state index contributed by atoms with van der Waals surface area (Å²) < 4.78 is 7.00. The van der Waals surface area contributed by atoms with Gasteiger partial charge in [0.1, 0.15) is 11.0 Å². The number of nitrogens with zero attached hydrogens (tertiary/aromatic N) is 2. The van der Waals surface area contributed by atoms with Gasteiger partial charge in [0, 0.05) is 39.9 Å². The summed E-state index contributed by atoms with van der Waals surface area (Å²) in [5, 5.41) is 6.50. The van der Waals surface area contributed by atoms with Crippen molar-refractivity contribution < 1.29 is 4.74 Å². The van der Waals surface area contributed by atoms with E-state index in [9.17, 15) is 0 Å². The summed E-state index contributed by atoms with van der Waals surface area (Å²) in [5.41, 5.74) is 1.95. The third-order valence-corrected chi connectivity index (χ3v) is 4.74. The number of aromatic nitrogens is 2. The number of halogens is 2. The van der Waals surface area contributed by atoms with Crippen LogP contribution < -0.4 is 5.32 Å². The number of methoxy groups -OCH3 is 1. The van der Waals surface area contributed by atoms with E-state index in [1.54, 1.807) is 24.6 Å². The molecule has 1 unspecified atom stereocenters. The Morgan fingerprint density at radius 2 is 2.25 bits per heavy atom. The summed E-state index contributed by atoms with van der Waals surface area (Å²) >= 11 is 8.63. The lowest BCUT2D eigenvalue weighted by Crippen LogP contribution is -2.27. The zero-order valence-corrected chi connectivity index (χ0v) is 15.2. The van der Waals surface area contributed by atoms with Crippen LogP contribution in [0.25, 0.3) is 0 Å². The first-order valence-electron chi connectivity index (χ1n) is 6.07. The van der Waals surface area contributed by atoms with Crippen LogP contribution in [0.2, 0.25) is 0 Å². The van der Waals surface area contributed by atoms with E-state index in [1.807, 2.05) is 18.4 Å². The average molecular weight is 421 g/mol. The lowest BCUT2D eigenvalue weighted by molar-refractivity contribution is 0.197. The molecular formula is C13H15Br2N3OS. The second-order valence-corrected chi connectivity index (χ2v) is 6.89. The van der Waals surface area contributed by atoms with E-state index in [4.69, 9.17) is 4.74 Å². The molecule has 0 saturated heterocycles. The van der Waals surface area contributed by atoms with Crippen LogP contribution in [0.5, 0.6) is 0 Å². The maximum Gasteiger partial charge on any atom is 0.116 e. The molecule has 0 aliphatic rings. The van der Waals surface area contributed by atoms with Crippen LogP contribution in [-0.2, 0) is 4.74 Å². The molecule has 1 N–H and O–H groups in total. The molecule has 108 valence electrons. The van der Waals surface area contributed by atoms with Crippen LogP contribution in [0, 0.1) is 6.92 Å². The van der Waals surface area contributed by atoms with Crippen molar-refractivity contribution in [2.24, 2.45) is 0 Å². The minimum atomic E-state index is -0.0358. The second-order valence-electron chi connectivity index (χ2n) is 4.23. The molecular weight excluding hydrogens is 406 g/mol. The Morgan fingerprint density at radius 3 is 2.85 bits per heavy atom. The first-order chi connectivity index (χ1) is 9.61. The molecule has 0 amide bonds. The van der Waals surface area contributed by atoms with E-state index < -0.39 is 0 Å². The van der Waals surface area contributed by atoms with Crippen molar-refractivity contribution in [3.8, 4) is 0 Å². The summed E-state index contributed by atoms with van der Waals surface area (Å²) in [6.45, 7) is 3.38. The Morgan fingerprint density at radius 1 is 1.45 bits per heavy atom. The molecule has 0 aliphatic heterocycles. The van der Waals surface area contributed by atoms with Crippen LogP contribution in [0.1, 0.15) is 22.4 Å². The van der Waals surface area contributed by atoms with Gasteiger partial charge in [0.25, 0.3) is 0 Å². The second kappa shape index (κ2) is 7.61. The highest BCUT2D eigenvalue weighted by molar-refractivity contribution is 9.11. The molecule has 0 aliphatic carbocycles. The molecule has 0 saturated carbocycles. The van der Waals surface area contributed by atoms with Gasteiger partial charge in [-0.25, -0.2) is 4.98 Å². The summed E-state index contributed by atoms with van der Waals surface area (Å²) in [7, 11) is 1.69. The SMILES string of the molecule is COCCNC(c1nc(C)cs1)c1ncc(Br)cc1Br. The molecule has 0 radical (unpaired) electrons. The van der Waals surface area contributed by atoms with Gasteiger partial charge in [-0.1, -0.05) is 0 Å². The van der Waals surface area contributed by atoms with E-state index in [0.29, 0.717) is 6.61 Å². The Kier molecular flexibility index (Phi) is 6.10. The first kappa shape index (κ1) is 16.0. The Balaban J connectivity index is 2.30. The number of nitrogens with one attached hydrogen (secondary N) is 1. The van der Waals surface area contributed by atoms with E-state index >= 15 is 0 Å². The lowest BCUT2D eigenvalue weighted by atomic mass is 10.2. The van der Waals surface area contributed by atoms with Crippen molar-refractivity contribution in [1.29, 1.82) is 0 Å². The minimum Gasteiger partial charge on any atom is -0.383 e. The van der Waals surface area contributed by atoms with Crippen molar-refractivity contribution in [3.63, 3.8) is 0 Å². The number of hydrogen-bond donors (Lipinski definition) is 1. The predicted octanol–water partition coefficient (Wildman–Crippen LogP) is 3.70. The first-order valence-corrected chi connectivity index (χ1v) is 8.53. The van der Waals surface area contributed by atoms with Crippen LogP contribution >= 0.6 is 43.2 Å². The zero-order chi connectivity index (χ0) is 14.5. The fourth-order valence-corrected chi connectivity index (χ4v) is 3.84. The topological polar surface area (TPSA) is 47.0 Å². The van der Waals surface area contributed by atoms with Crippen molar-refractivity contribution in [2.75, 3.05) is 20.3 Å². The molecule has 20 heavy (non-hydrogen) atoms. The van der Waals surface area contributed by atoms with E-state index in [1.165, 1.54) is 0 Å². The van der Waals surface area contributed by atoms with Crippen molar-refractivity contribution in [3.05, 3.63) is 43.0 Å². The molecule has 2 aromatic rings. The molecule has 0 aromatic carbocycles. The molecule has 7 heteroatoms. The quantitative estimate of drug-likeness (QED) is 0.723. The third-order valence-electron chi connectivity index (χ3n) is 2.65. The predicted molar refractivity (Wildman–Crippen MR) is 88.2 cm³/mol. The Labute approximate surface area is 139 Å². The van der Waals surface area contributed by atoms with Crippen LogP contribution in [0.4, 0.5) is 0 Å². The molecule has 1 atom stereocenters. The summed E-state index contributed by atoms with van der Waals surface area (Å²) in [4.78, 5) is 9.08. The maximum absolute atomic E-state index is 5.10. The van der Waals surface area contributed by atoms with E-state index in [0.717, 1.165) is 31.9 Å². The number of rotatable bonds is 6. The zero-order valence-electron chi connectivity index (χ0n) is 11.2. The highest BCUT2D eigenvalue weighted by atomic mass is 79.9. The number of thiazole rings is 1. The van der Waals surface area contributed by atoms with Gasteiger partial charge in [-0.2, -0.15) is 0 Å². The van der Waals surface area contributed by atoms with Gasteiger partial charge in [0.2, 0.25) is 0 Å². The molecule has 0 spiro atoms. The Bertz CT molecular complexity index is 576. The molecule has 0 bridgehead atoms. The molecule has 0 fully saturated rings. The summed E-state index contributed by atoms with van der Waals surface area (Å²) in [6.07, 6.45) is 1.80. The number of pyridine rings is 1. The van der Waals surface area contributed by atoms with E-state index in [2.05, 4.69) is 47.1 Å². The van der Waals surface area contributed by atoms with Crippen LogP contribution in [0.15, 0.2) is 26.6 Å². The smallest absolute Gasteiger partial charge is 0.116 e. The highest BCUT2D eigenvalue weighted by Crippen LogP contribution is 2.30. The fraction of sp³-hybridized carbons (Fsp3) is 0.385. The molecule has 2 aromatic heterocycles. The van der Waals surface area contributed by atoms with Crippen LogP contribution in [-0.4, -0.2) is 30.2 Å². The number of hydrogen-bond acceptors (Lipinski definition) is 5. The highest BCUT2D eigenvalue weighted by Gasteiger charge is 2.21. The summed E-state index contributed by atoms with van der Waals surface area (Å²) in [6, 6.07) is 1.96. The van der Waals surface area contributed by atoms with Gasteiger partial charge in [-0.05, 0) is 44.8 Å². The van der Waals surface area contributed by atoms with Gasteiger partial charge in [0.05, 0.1) is 12.3 Å². The van der Waals surface area contributed by atoms with Gasteiger partial charge < -0.3 is 10.1 Å². The third kappa shape index (κ3) is 4.08. The average Bonchev–Trinajstić information content (AvgIpc) is 2.82. The largest absolute Gasteiger partial charge is 0.383 e. The van der Waals surface area contributed by atoms with Crippen LogP contribution in [0.3, 0.4) is 0 Å². The standard InChI is InChI=1S/C13H15Br2N3OS/c1-8-7-20-13(18-8)12(16-3-4-19-2)11-10(15)5-9(14)6-17-11/h5-7,12,16H,3-4H2,1-2H3. The van der Waals surface area contributed by atoms with Crippen molar-refractivity contribution in [1.82, 2.24) is 15.3 Å². The minimum absolute atomic E-state index is 0.0358. The molecule has 2 rings (SSSR count). The lowest BCUT2D eigenvalue weighted by Gasteiger charge is -2.17.